The zero-order valence-corrected chi connectivity index (χ0v) is 11.4. The zero-order valence-electron chi connectivity index (χ0n) is 9.74. The van der Waals surface area contributed by atoms with Gasteiger partial charge < -0.3 is 5.73 Å². The molecule has 100 valence electrons. The minimum atomic E-state index is -3.06. The third-order valence-electron chi connectivity index (χ3n) is 3.67. The Kier molecular flexibility index (Phi) is 3.26. The third kappa shape index (κ3) is 2.81. The molecule has 0 spiro atoms. The van der Waals surface area contributed by atoms with Gasteiger partial charge in [0.2, 0.25) is 0 Å². The number of nitrogens with zero attached hydrogens (tertiary/aromatic N) is 1. The second kappa shape index (κ2) is 4.18. The normalized spacial score (nSPS) is 39.8. The minimum Gasteiger partial charge on any atom is -0.325 e. The summed E-state index contributed by atoms with van der Waals surface area (Å²) in [6.45, 7) is 0. The number of sulfone groups is 2. The number of likely N-dealkylation sites (N-methyl/N-ethyl adjacent to an activating group) is 1. The maximum Gasteiger partial charge on any atom is 0.153 e. The van der Waals surface area contributed by atoms with E-state index < -0.39 is 25.7 Å². The molecule has 8 heteroatoms. The summed E-state index contributed by atoms with van der Waals surface area (Å²) in [5.41, 5.74) is 5.82. The monoisotopic (exact) mass is 282 g/mol. The lowest BCUT2D eigenvalue weighted by atomic mass is 10.1. The molecule has 0 aliphatic carbocycles. The van der Waals surface area contributed by atoms with Gasteiger partial charge in [0, 0.05) is 18.1 Å². The number of nitrogens with two attached hydrogens (primary N) is 1. The molecule has 2 saturated heterocycles. The number of rotatable bonds is 2. The summed E-state index contributed by atoms with van der Waals surface area (Å²) in [7, 11) is -4.24. The van der Waals surface area contributed by atoms with Crippen LogP contribution in [0.4, 0.5) is 0 Å². The summed E-state index contributed by atoms with van der Waals surface area (Å²) in [6, 6.07) is -0.754. The van der Waals surface area contributed by atoms with Crippen LogP contribution in [0.3, 0.4) is 0 Å². The third-order valence-corrected chi connectivity index (χ3v) is 7.17. The Morgan fingerprint density at radius 1 is 1.06 bits per heavy atom. The average molecular weight is 282 g/mol. The Balaban J connectivity index is 2.09. The van der Waals surface area contributed by atoms with E-state index in [1.165, 1.54) is 0 Å². The van der Waals surface area contributed by atoms with Crippen molar-refractivity contribution in [3.63, 3.8) is 0 Å². The van der Waals surface area contributed by atoms with Gasteiger partial charge in [-0.05, 0) is 13.5 Å². The SMILES string of the molecule is CN(C1CCS(=O)(=O)C1)C1CS(=O)(=O)CC1N. The van der Waals surface area contributed by atoms with E-state index >= 15 is 0 Å². The van der Waals surface area contributed by atoms with E-state index in [1.807, 2.05) is 4.90 Å². The predicted molar refractivity (Wildman–Crippen MR) is 65.2 cm³/mol. The van der Waals surface area contributed by atoms with E-state index in [1.54, 1.807) is 7.05 Å². The summed E-state index contributed by atoms with van der Waals surface area (Å²) in [5.74, 6) is 0.353. The highest BCUT2D eigenvalue weighted by Gasteiger charge is 2.42. The van der Waals surface area contributed by atoms with Crippen molar-refractivity contribution in [2.45, 2.75) is 24.5 Å². The highest BCUT2D eigenvalue weighted by atomic mass is 32.2. The topological polar surface area (TPSA) is 97.5 Å². The fourth-order valence-corrected chi connectivity index (χ4v) is 6.38. The molecule has 3 atom stereocenters. The van der Waals surface area contributed by atoms with Crippen LogP contribution in [0.1, 0.15) is 6.42 Å². The van der Waals surface area contributed by atoms with Crippen molar-refractivity contribution >= 4 is 19.7 Å². The van der Waals surface area contributed by atoms with Gasteiger partial charge in [-0.25, -0.2) is 16.8 Å². The molecule has 2 heterocycles. The van der Waals surface area contributed by atoms with Gasteiger partial charge in [-0.15, -0.1) is 0 Å². The van der Waals surface area contributed by atoms with Gasteiger partial charge >= 0.3 is 0 Å². The first-order valence-corrected chi connectivity index (χ1v) is 9.23. The van der Waals surface area contributed by atoms with Crippen molar-refractivity contribution in [2.24, 2.45) is 5.73 Å². The zero-order chi connectivity index (χ0) is 12.8. The molecule has 2 aliphatic rings. The molecule has 0 aromatic carbocycles. The highest BCUT2D eigenvalue weighted by Crippen LogP contribution is 2.23. The van der Waals surface area contributed by atoms with Crippen molar-refractivity contribution in [1.29, 1.82) is 0 Å². The second-order valence-corrected chi connectivity index (χ2v) is 9.41. The van der Waals surface area contributed by atoms with Gasteiger partial charge in [-0.1, -0.05) is 0 Å². The molecular formula is C9H18N2O4S2. The Morgan fingerprint density at radius 3 is 2.12 bits per heavy atom. The smallest absolute Gasteiger partial charge is 0.153 e. The summed E-state index contributed by atoms with van der Waals surface area (Å²) >= 11 is 0. The van der Waals surface area contributed by atoms with E-state index in [4.69, 9.17) is 5.73 Å². The molecule has 0 aromatic rings. The largest absolute Gasteiger partial charge is 0.325 e. The molecule has 0 bridgehead atoms. The number of hydrogen-bond acceptors (Lipinski definition) is 6. The van der Waals surface area contributed by atoms with Crippen molar-refractivity contribution < 1.29 is 16.8 Å². The van der Waals surface area contributed by atoms with Crippen molar-refractivity contribution in [3.05, 3.63) is 0 Å². The molecule has 0 saturated carbocycles. The second-order valence-electron chi connectivity index (χ2n) is 5.03. The Morgan fingerprint density at radius 2 is 1.71 bits per heavy atom. The molecule has 0 amide bonds. The molecule has 2 fully saturated rings. The lowest BCUT2D eigenvalue weighted by Gasteiger charge is -2.31. The van der Waals surface area contributed by atoms with Crippen LogP contribution >= 0.6 is 0 Å². The molecule has 2 N–H and O–H groups in total. The van der Waals surface area contributed by atoms with E-state index in [2.05, 4.69) is 0 Å². The van der Waals surface area contributed by atoms with E-state index in [9.17, 15) is 16.8 Å². The van der Waals surface area contributed by atoms with Gasteiger partial charge in [0.1, 0.15) is 0 Å². The van der Waals surface area contributed by atoms with E-state index in [-0.39, 0.29) is 35.1 Å². The summed E-state index contributed by atoms with van der Waals surface area (Å²) in [4.78, 5) is 1.85. The lowest BCUT2D eigenvalue weighted by Crippen LogP contribution is -2.49. The van der Waals surface area contributed by atoms with Crippen LogP contribution in [0, 0.1) is 0 Å². The van der Waals surface area contributed by atoms with Crippen LogP contribution in [0.2, 0.25) is 0 Å². The quantitative estimate of drug-likeness (QED) is 0.644. The predicted octanol–water partition coefficient (Wildman–Crippen LogP) is -1.77. The molecule has 0 radical (unpaired) electrons. The first-order valence-electron chi connectivity index (χ1n) is 5.58. The van der Waals surface area contributed by atoms with Gasteiger partial charge in [-0.2, -0.15) is 0 Å². The van der Waals surface area contributed by atoms with Gasteiger partial charge in [-0.3, -0.25) is 4.90 Å². The molecular weight excluding hydrogens is 264 g/mol. The van der Waals surface area contributed by atoms with Crippen LogP contribution in [0.15, 0.2) is 0 Å². The molecule has 2 aliphatic heterocycles. The van der Waals surface area contributed by atoms with E-state index in [0.717, 1.165) is 0 Å². The molecule has 6 nitrogen and oxygen atoms in total. The number of hydrogen-bond donors (Lipinski definition) is 1. The maximum absolute atomic E-state index is 11.5. The van der Waals surface area contributed by atoms with Crippen LogP contribution in [-0.4, -0.2) is 69.9 Å². The molecule has 17 heavy (non-hydrogen) atoms. The van der Waals surface area contributed by atoms with Gasteiger partial charge in [0.25, 0.3) is 0 Å². The molecule has 0 aromatic heterocycles. The van der Waals surface area contributed by atoms with Gasteiger partial charge in [0.15, 0.2) is 19.7 Å². The van der Waals surface area contributed by atoms with Crippen LogP contribution < -0.4 is 5.73 Å². The fraction of sp³-hybridized carbons (Fsp3) is 1.00. The van der Waals surface area contributed by atoms with Crippen molar-refractivity contribution in [2.75, 3.05) is 30.1 Å². The van der Waals surface area contributed by atoms with Gasteiger partial charge in [0.05, 0.1) is 23.0 Å². The van der Waals surface area contributed by atoms with Crippen molar-refractivity contribution in [3.8, 4) is 0 Å². The fourth-order valence-electron chi connectivity index (χ4n) is 2.64. The van der Waals surface area contributed by atoms with Crippen LogP contribution in [0.25, 0.3) is 0 Å². The van der Waals surface area contributed by atoms with E-state index in [0.29, 0.717) is 6.42 Å². The average Bonchev–Trinajstić information content (AvgIpc) is 2.65. The Labute approximate surface area is 102 Å². The highest BCUT2D eigenvalue weighted by molar-refractivity contribution is 7.92. The maximum atomic E-state index is 11.5. The lowest BCUT2D eigenvalue weighted by molar-refractivity contribution is 0.189. The Bertz CT molecular complexity index is 499. The summed E-state index contributed by atoms with van der Waals surface area (Å²) in [5, 5.41) is 0. The first kappa shape index (κ1) is 13.3. The minimum absolute atomic E-state index is 0.00146. The summed E-state index contributed by atoms with van der Waals surface area (Å²) in [6.07, 6.45) is 0.572. The Hall–Kier alpha value is -0.180. The molecule has 2 rings (SSSR count). The van der Waals surface area contributed by atoms with Crippen LogP contribution in [0.5, 0.6) is 0 Å². The molecule has 3 unspecified atom stereocenters. The van der Waals surface area contributed by atoms with Crippen LogP contribution in [-0.2, 0) is 19.7 Å². The summed E-state index contributed by atoms with van der Waals surface area (Å²) < 4.78 is 45.7. The standard InChI is InChI=1S/C9H18N2O4S2/c1-11(7-2-3-16(12,13)4-7)9-6-17(14,15)5-8(9)10/h7-9H,2-6,10H2,1H3. The van der Waals surface area contributed by atoms with Crippen molar-refractivity contribution in [1.82, 2.24) is 4.90 Å². The first-order chi connectivity index (χ1) is 7.70.